The van der Waals surface area contributed by atoms with Crippen LogP contribution in [0.3, 0.4) is 0 Å². The van der Waals surface area contributed by atoms with E-state index < -0.39 is 0 Å². The molecule has 1 aliphatic heterocycles. The summed E-state index contributed by atoms with van der Waals surface area (Å²) >= 11 is 0. The zero-order chi connectivity index (χ0) is 16.2. The van der Waals surface area contributed by atoms with Crippen LogP contribution in [0.2, 0.25) is 0 Å². The zero-order valence-electron chi connectivity index (χ0n) is 13.5. The quantitative estimate of drug-likeness (QED) is 0.859. The standard InChI is InChI=1S/C16H22N4O3/c1-19-6-3-4-13(19)16(21)17-10-14-15-12(5-8-23-14)11-20(18-15)7-9-22-2/h3-4,6,11,14H,5,7-10H2,1-2H3,(H,17,21)/t14-/m1/s1. The second kappa shape index (κ2) is 6.97. The highest BCUT2D eigenvalue weighted by atomic mass is 16.5. The van der Waals surface area contributed by atoms with Crippen molar-refractivity contribution >= 4 is 5.91 Å². The maximum atomic E-state index is 12.2. The van der Waals surface area contributed by atoms with Crippen molar-refractivity contribution in [2.45, 2.75) is 19.1 Å². The van der Waals surface area contributed by atoms with Gasteiger partial charge in [-0.2, -0.15) is 5.10 Å². The fourth-order valence-electron chi connectivity index (χ4n) is 2.76. The molecule has 2 aromatic heterocycles. The lowest BCUT2D eigenvalue weighted by atomic mass is 10.1. The summed E-state index contributed by atoms with van der Waals surface area (Å²) in [7, 11) is 3.52. The van der Waals surface area contributed by atoms with Crippen molar-refractivity contribution in [3.8, 4) is 0 Å². The molecule has 124 valence electrons. The maximum absolute atomic E-state index is 12.2. The lowest BCUT2D eigenvalue weighted by molar-refractivity contribution is 0.0381. The number of aryl methyl sites for hydroxylation is 1. The van der Waals surface area contributed by atoms with Gasteiger partial charge in [0.1, 0.15) is 11.8 Å². The molecule has 0 fully saturated rings. The molecule has 0 spiro atoms. The number of carbonyl (C=O) groups is 1. The molecule has 3 rings (SSSR count). The Hall–Kier alpha value is -2.12. The summed E-state index contributed by atoms with van der Waals surface area (Å²) in [5.41, 5.74) is 2.73. The van der Waals surface area contributed by atoms with Gasteiger partial charge in [-0.1, -0.05) is 0 Å². The minimum atomic E-state index is -0.202. The molecule has 3 heterocycles. The summed E-state index contributed by atoms with van der Waals surface area (Å²) in [6.07, 6.45) is 4.54. The fourth-order valence-corrected chi connectivity index (χ4v) is 2.76. The van der Waals surface area contributed by atoms with Gasteiger partial charge in [0, 0.05) is 33.1 Å². The number of aromatic nitrogens is 3. The fraction of sp³-hybridized carbons (Fsp3) is 0.500. The van der Waals surface area contributed by atoms with Crippen LogP contribution < -0.4 is 5.32 Å². The number of hydrogen-bond acceptors (Lipinski definition) is 4. The lowest BCUT2D eigenvalue weighted by Gasteiger charge is -2.22. The Balaban J connectivity index is 1.65. The lowest BCUT2D eigenvalue weighted by Crippen LogP contribution is -2.32. The maximum Gasteiger partial charge on any atom is 0.267 e. The molecule has 1 N–H and O–H groups in total. The zero-order valence-corrected chi connectivity index (χ0v) is 13.5. The Kier molecular flexibility index (Phi) is 4.78. The number of hydrogen-bond donors (Lipinski definition) is 1. The Labute approximate surface area is 135 Å². The summed E-state index contributed by atoms with van der Waals surface area (Å²) in [6.45, 7) is 2.40. The van der Waals surface area contributed by atoms with Crippen LogP contribution in [0.4, 0.5) is 0 Å². The molecule has 7 heteroatoms. The molecule has 1 atom stereocenters. The van der Waals surface area contributed by atoms with Gasteiger partial charge in [0.05, 0.1) is 25.5 Å². The van der Waals surface area contributed by atoms with Crippen LogP contribution >= 0.6 is 0 Å². The highest BCUT2D eigenvalue weighted by Crippen LogP contribution is 2.25. The van der Waals surface area contributed by atoms with Gasteiger partial charge < -0.3 is 19.4 Å². The van der Waals surface area contributed by atoms with E-state index >= 15 is 0 Å². The number of ether oxygens (including phenoxy) is 2. The smallest absolute Gasteiger partial charge is 0.267 e. The third kappa shape index (κ3) is 3.46. The minimum absolute atomic E-state index is 0.105. The molecule has 0 aliphatic carbocycles. The summed E-state index contributed by atoms with van der Waals surface area (Å²) in [5, 5.41) is 7.51. The Morgan fingerprint density at radius 1 is 1.57 bits per heavy atom. The highest BCUT2D eigenvalue weighted by Gasteiger charge is 2.25. The summed E-state index contributed by atoms with van der Waals surface area (Å²) in [5.74, 6) is -0.105. The van der Waals surface area contributed by atoms with Gasteiger partial charge in [0.25, 0.3) is 5.91 Å². The summed E-state index contributed by atoms with van der Waals surface area (Å²) < 4.78 is 14.6. The number of methoxy groups -OCH3 is 1. The monoisotopic (exact) mass is 318 g/mol. The molecule has 0 saturated carbocycles. The molecule has 1 aliphatic rings. The van der Waals surface area contributed by atoms with E-state index in [2.05, 4.69) is 10.4 Å². The van der Waals surface area contributed by atoms with E-state index in [0.29, 0.717) is 32.0 Å². The van der Waals surface area contributed by atoms with E-state index in [1.54, 1.807) is 17.7 Å². The largest absolute Gasteiger partial charge is 0.383 e. The average molecular weight is 318 g/mol. The van der Waals surface area contributed by atoms with E-state index in [-0.39, 0.29) is 12.0 Å². The van der Waals surface area contributed by atoms with Gasteiger partial charge in [-0.25, -0.2) is 0 Å². The van der Waals surface area contributed by atoms with Crippen LogP contribution in [0.5, 0.6) is 0 Å². The average Bonchev–Trinajstić information content (AvgIpc) is 3.16. The molecule has 1 amide bonds. The first-order valence-corrected chi connectivity index (χ1v) is 7.75. The van der Waals surface area contributed by atoms with Crippen LogP contribution in [0, 0.1) is 0 Å². The summed E-state index contributed by atoms with van der Waals surface area (Å²) in [4.78, 5) is 12.2. The van der Waals surface area contributed by atoms with Crippen LogP contribution in [-0.4, -0.2) is 47.1 Å². The van der Waals surface area contributed by atoms with Crippen LogP contribution in [0.1, 0.15) is 27.8 Å². The van der Waals surface area contributed by atoms with Crippen molar-refractivity contribution in [3.63, 3.8) is 0 Å². The van der Waals surface area contributed by atoms with E-state index in [9.17, 15) is 4.79 Å². The molecule has 0 unspecified atom stereocenters. The van der Waals surface area contributed by atoms with E-state index in [4.69, 9.17) is 9.47 Å². The number of nitrogens with one attached hydrogen (secondary N) is 1. The van der Waals surface area contributed by atoms with E-state index in [1.807, 2.05) is 30.2 Å². The number of amides is 1. The van der Waals surface area contributed by atoms with Crippen molar-refractivity contribution in [2.24, 2.45) is 7.05 Å². The first-order valence-electron chi connectivity index (χ1n) is 7.75. The topological polar surface area (TPSA) is 70.3 Å². The number of nitrogens with zero attached hydrogens (tertiary/aromatic N) is 3. The predicted molar refractivity (Wildman–Crippen MR) is 84.2 cm³/mol. The normalized spacial score (nSPS) is 17.0. The van der Waals surface area contributed by atoms with Crippen LogP contribution in [-0.2, 0) is 29.5 Å². The first kappa shape index (κ1) is 15.8. The third-order valence-electron chi connectivity index (χ3n) is 4.01. The molecule has 0 bridgehead atoms. The highest BCUT2D eigenvalue weighted by molar-refractivity contribution is 5.92. The molecule has 2 aromatic rings. The van der Waals surface area contributed by atoms with Crippen molar-refractivity contribution in [1.82, 2.24) is 19.7 Å². The second-order valence-corrected chi connectivity index (χ2v) is 5.62. The van der Waals surface area contributed by atoms with Crippen LogP contribution in [0.15, 0.2) is 24.5 Å². The number of fused-ring (bicyclic) bond motifs is 1. The van der Waals surface area contributed by atoms with Crippen LogP contribution in [0.25, 0.3) is 0 Å². The third-order valence-corrected chi connectivity index (χ3v) is 4.01. The Bertz CT molecular complexity index is 677. The first-order chi connectivity index (χ1) is 11.2. The number of carbonyl (C=O) groups excluding carboxylic acids is 1. The second-order valence-electron chi connectivity index (χ2n) is 5.62. The molecular formula is C16H22N4O3. The van der Waals surface area contributed by atoms with Gasteiger partial charge in [-0.3, -0.25) is 9.48 Å². The Morgan fingerprint density at radius 2 is 2.43 bits per heavy atom. The molecule has 7 nitrogen and oxygen atoms in total. The van der Waals surface area contributed by atoms with Crippen molar-refractivity contribution in [3.05, 3.63) is 41.5 Å². The Morgan fingerprint density at radius 3 is 3.17 bits per heavy atom. The van der Waals surface area contributed by atoms with Gasteiger partial charge in [0.2, 0.25) is 0 Å². The van der Waals surface area contributed by atoms with Gasteiger partial charge in [-0.05, 0) is 24.1 Å². The van der Waals surface area contributed by atoms with E-state index in [1.165, 1.54) is 5.56 Å². The van der Waals surface area contributed by atoms with Gasteiger partial charge >= 0.3 is 0 Å². The SMILES string of the molecule is COCCn1cc2c(n1)[C@@H](CNC(=O)c1cccn1C)OCC2. The molecular weight excluding hydrogens is 296 g/mol. The molecule has 0 aromatic carbocycles. The van der Waals surface area contributed by atoms with Gasteiger partial charge in [0.15, 0.2) is 0 Å². The van der Waals surface area contributed by atoms with Gasteiger partial charge in [-0.15, -0.1) is 0 Å². The molecule has 23 heavy (non-hydrogen) atoms. The van der Waals surface area contributed by atoms with Crippen molar-refractivity contribution in [1.29, 1.82) is 0 Å². The number of rotatable bonds is 6. The molecule has 0 radical (unpaired) electrons. The predicted octanol–water partition coefficient (Wildman–Crippen LogP) is 0.912. The minimum Gasteiger partial charge on any atom is -0.383 e. The van der Waals surface area contributed by atoms with Crippen molar-refractivity contribution < 1.29 is 14.3 Å². The molecule has 0 saturated heterocycles. The summed E-state index contributed by atoms with van der Waals surface area (Å²) in [6, 6.07) is 3.64. The van der Waals surface area contributed by atoms with Crippen molar-refractivity contribution in [2.75, 3.05) is 26.9 Å². The van der Waals surface area contributed by atoms with E-state index in [0.717, 1.165) is 12.1 Å².